The number of anilines is 2. The number of rotatable bonds is 1. The zero-order chi connectivity index (χ0) is 19.4. The SMILES string of the molecule is O=c1oc2ccccc2c2c1[C@H](c1ccncc1)c1c(ccc3ccccc13)N2. The van der Waals surface area contributed by atoms with E-state index in [-0.39, 0.29) is 11.5 Å². The first-order valence-electron chi connectivity index (χ1n) is 9.55. The van der Waals surface area contributed by atoms with Crippen LogP contribution < -0.4 is 10.9 Å². The summed E-state index contributed by atoms with van der Waals surface area (Å²) in [4.78, 5) is 17.4. The summed E-state index contributed by atoms with van der Waals surface area (Å²) in [6, 6.07) is 24.1. The van der Waals surface area contributed by atoms with Crippen LogP contribution >= 0.6 is 0 Å². The summed E-state index contributed by atoms with van der Waals surface area (Å²) in [5.74, 6) is -0.240. The molecule has 0 saturated carbocycles. The topological polar surface area (TPSA) is 55.1 Å². The summed E-state index contributed by atoms with van der Waals surface area (Å²) in [6.45, 7) is 0. The Morgan fingerprint density at radius 1 is 0.793 bits per heavy atom. The first kappa shape index (κ1) is 16.1. The van der Waals surface area contributed by atoms with Gasteiger partial charge in [-0.15, -0.1) is 0 Å². The molecule has 1 aliphatic heterocycles. The molecule has 5 aromatic rings. The van der Waals surface area contributed by atoms with Gasteiger partial charge in [-0.3, -0.25) is 4.98 Å². The van der Waals surface area contributed by atoms with Gasteiger partial charge in [-0.2, -0.15) is 0 Å². The monoisotopic (exact) mass is 376 g/mol. The van der Waals surface area contributed by atoms with E-state index in [0.717, 1.165) is 38.7 Å². The van der Waals surface area contributed by atoms with E-state index in [4.69, 9.17) is 4.42 Å². The lowest BCUT2D eigenvalue weighted by Crippen LogP contribution is -2.22. The first-order chi connectivity index (χ1) is 14.3. The van der Waals surface area contributed by atoms with E-state index >= 15 is 0 Å². The summed E-state index contributed by atoms with van der Waals surface area (Å²) < 4.78 is 5.73. The van der Waals surface area contributed by atoms with Crippen LogP contribution in [0.2, 0.25) is 0 Å². The van der Waals surface area contributed by atoms with E-state index in [9.17, 15) is 4.79 Å². The number of para-hydroxylation sites is 1. The van der Waals surface area contributed by atoms with Crippen molar-refractivity contribution in [3.05, 3.63) is 112 Å². The summed E-state index contributed by atoms with van der Waals surface area (Å²) in [5, 5.41) is 6.71. The molecule has 0 spiro atoms. The Kier molecular flexibility index (Phi) is 3.35. The molecule has 4 nitrogen and oxygen atoms in total. The van der Waals surface area contributed by atoms with E-state index in [0.29, 0.717) is 11.1 Å². The average molecular weight is 376 g/mol. The van der Waals surface area contributed by atoms with Crippen LogP contribution in [-0.4, -0.2) is 4.98 Å². The Hall–Kier alpha value is -3.92. The molecule has 6 rings (SSSR count). The van der Waals surface area contributed by atoms with Gasteiger partial charge in [0.15, 0.2) is 0 Å². The van der Waals surface area contributed by atoms with Crippen molar-refractivity contribution in [1.29, 1.82) is 0 Å². The Bertz CT molecular complexity index is 1450. The standard InChI is InChI=1S/C25H16N2O2/c28-25-23-21(16-11-13-26-14-12-16)22-17-6-2-1-5-15(17)9-10-19(22)27-24(23)18-7-3-4-8-20(18)29-25/h1-14,21,27H/t21-/m1/s1. The van der Waals surface area contributed by atoms with Gasteiger partial charge in [0.1, 0.15) is 5.58 Å². The number of hydrogen-bond acceptors (Lipinski definition) is 4. The zero-order valence-electron chi connectivity index (χ0n) is 15.4. The molecule has 0 unspecified atom stereocenters. The van der Waals surface area contributed by atoms with Gasteiger partial charge in [-0.05, 0) is 52.2 Å². The number of aromatic nitrogens is 1. The third-order valence-corrected chi connectivity index (χ3v) is 5.70. The molecule has 0 bridgehead atoms. The minimum atomic E-state index is -0.313. The average Bonchev–Trinajstić information content (AvgIpc) is 2.78. The lowest BCUT2D eigenvalue weighted by atomic mass is 9.79. The third-order valence-electron chi connectivity index (χ3n) is 5.70. The van der Waals surface area contributed by atoms with Gasteiger partial charge >= 0.3 is 5.63 Å². The number of hydrogen-bond donors (Lipinski definition) is 1. The van der Waals surface area contributed by atoms with E-state index < -0.39 is 0 Å². The van der Waals surface area contributed by atoms with Crippen molar-refractivity contribution in [2.24, 2.45) is 0 Å². The minimum Gasteiger partial charge on any atom is -0.422 e. The fraction of sp³-hybridized carbons (Fsp3) is 0.0400. The summed E-state index contributed by atoms with van der Waals surface area (Å²) in [6.07, 6.45) is 3.54. The summed E-state index contributed by atoms with van der Waals surface area (Å²) in [5.41, 5.74) is 4.84. The lowest BCUT2D eigenvalue weighted by Gasteiger charge is -2.30. The molecule has 0 fully saturated rings. The van der Waals surface area contributed by atoms with E-state index in [1.165, 1.54) is 0 Å². The number of pyridine rings is 1. The minimum absolute atomic E-state index is 0.240. The number of nitrogens with one attached hydrogen (secondary N) is 1. The van der Waals surface area contributed by atoms with Crippen LogP contribution in [0.4, 0.5) is 11.4 Å². The lowest BCUT2D eigenvalue weighted by molar-refractivity contribution is 0.549. The molecule has 29 heavy (non-hydrogen) atoms. The summed E-state index contributed by atoms with van der Waals surface area (Å²) in [7, 11) is 0. The number of fused-ring (bicyclic) bond motifs is 6. The second kappa shape index (κ2) is 6.04. The summed E-state index contributed by atoms with van der Waals surface area (Å²) >= 11 is 0. The number of benzene rings is 3. The fourth-order valence-electron chi connectivity index (χ4n) is 4.44. The smallest absolute Gasteiger partial charge is 0.342 e. The van der Waals surface area contributed by atoms with Gasteiger partial charge in [-0.1, -0.05) is 42.5 Å². The van der Waals surface area contributed by atoms with Crippen molar-refractivity contribution in [1.82, 2.24) is 4.98 Å². The van der Waals surface area contributed by atoms with E-state index in [1.807, 2.05) is 48.5 Å². The van der Waals surface area contributed by atoms with Gasteiger partial charge in [0, 0.05) is 29.4 Å². The zero-order valence-corrected chi connectivity index (χ0v) is 15.4. The van der Waals surface area contributed by atoms with Crippen molar-refractivity contribution in [2.45, 2.75) is 5.92 Å². The molecule has 1 N–H and O–H groups in total. The maximum Gasteiger partial charge on any atom is 0.342 e. The van der Waals surface area contributed by atoms with Gasteiger partial charge < -0.3 is 9.73 Å². The predicted octanol–water partition coefficient (Wildman–Crippen LogP) is 5.58. The van der Waals surface area contributed by atoms with Crippen molar-refractivity contribution >= 4 is 33.1 Å². The molecular formula is C25H16N2O2. The van der Waals surface area contributed by atoms with Crippen molar-refractivity contribution < 1.29 is 4.42 Å². The van der Waals surface area contributed by atoms with Crippen molar-refractivity contribution in [3.8, 4) is 0 Å². The quantitative estimate of drug-likeness (QED) is 0.381. The Labute approximate surface area is 166 Å². The molecule has 4 heteroatoms. The van der Waals surface area contributed by atoms with E-state index in [2.05, 4.69) is 34.6 Å². The maximum atomic E-state index is 13.2. The molecular weight excluding hydrogens is 360 g/mol. The van der Waals surface area contributed by atoms with Crippen LogP contribution in [0.15, 0.2) is 94.4 Å². The highest BCUT2D eigenvalue weighted by Crippen LogP contribution is 2.48. The highest BCUT2D eigenvalue weighted by molar-refractivity contribution is 6.00. The normalized spacial score (nSPS) is 15.0. The molecule has 3 aromatic carbocycles. The van der Waals surface area contributed by atoms with Crippen LogP contribution in [0.3, 0.4) is 0 Å². The predicted molar refractivity (Wildman–Crippen MR) is 115 cm³/mol. The van der Waals surface area contributed by atoms with Crippen LogP contribution in [-0.2, 0) is 0 Å². The molecule has 138 valence electrons. The highest BCUT2D eigenvalue weighted by atomic mass is 16.4. The largest absolute Gasteiger partial charge is 0.422 e. The molecule has 1 atom stereocenters. The van der Waals surface area contributed by atoms with E-state index in [1.54, 1.807) is 12.4 Å². The maximum absolute atomic E-state index is 13.2. The molecule has 0 radical (unpaired) electrons. The van der Waals surface area contributed by atoms with Gasteiger partial charge in [0.2, 0.25) is 0 Å². The molecule has 1 aliphatic rings. The number of nitrogens with zero attached hydrogens (tertiary/aromatic N) is 1. The van der Waals surface area contributed by atoms with Crippen LogP contribution in [0.1, 0.15) is 22.6 Å². The molecule has 3 heterocycles. The van der Waals surface area contributed by atoms with Crippen LogP contribution in [0.5, 0.6) is 0 Å². The Morgan fingerprint density at radius 2 is 1.55 bits per heavy atom. The second-order valence-corrected chi connectivity index (χ2v) is 7.26. The molecule has 0 amide bonds. The van der Waals surface area contributed by atoms with Crippen LogP contribution in [0, 0.1) is 0 Å². The highest BCUT2D eigenvalue weighted by Gasteiger charge is 2.33. The molecule has 0 aliphatic carbocycles. The van der Waals surface area contributed by atoms with Gasteiger partial charge in [0.05, 0.1) is 11.3 Å². The Balaban J connectivity index is 1.78. The fourth-order valence-corrected chi connectivity index (χ4v) is 4.44. The third kappa shape index (κ3) is 2.32. The second-order valence-electron chi connectivity index (χ2n) is 7.26. The van der Waals surface area contributed by atoms with Gasteiger partial charge in [-0.25, -0.2) is 4.79 Å². The first-order valence-corrected chi connectivity index (χ1v) is 9.55. The van der Waals surface area contributed by atoms with Crippen LogP contribution in [0.25, 0.3) is 21.7 Å². The van der Waals surface area contributed by atoms with Crippen molar-refractivity contribution in [3.63, 3.8) is 0 Å². The Morgan fingerprint density at radius 3 is 2.41 bits per heavy atom. The van der Waals surface area contributed by atoms with Crippen molar-refractivity contribution in [2.75, 3.05) is 5.32 Å². The molecule has 2 aromatic heterocycles. The van der Waals surface area contributed by atoms with Gasteiger partial charge in [0.25, 0.3) is 0 Å². The molecule has 0 saturated heterocycles.